The first-order valence-corrected chi connectivity index (χ1v) is 11.9. The van der Waals surface area contributed by atoms with E-state index in [9.17, 15) is 4.79 Å². The Hall–Kier alpha value is -1.65. The van der Waals surface area contributed by atoms with E-state index >= 15 is 0 Å². The van der Waals surface area contributed by atoms with Gasteiger partial charge in [0.25, 0.3) is 0 Å². The third kappa shape index (κ3) is 8.31. The molecule has 0 aliphatic heterocycles. The molecule has 4 heteroatoms. The van der Waals surface area contributed by atoms with Crippen molar-refractivity contribution in [2.24, 2.45) is 11.8 Å². The van der Waals surface area contributed by atoms with Gasteiger partial charge in [0.1, 0.15) is 5.75 Å². The Morgan fingerprint density at radius 2 is 2.10 bits per heavy atom. The fourth-order valence-corrected chi connectivity index (χ4v) is 5.46. The lowest BCUT2D eigenvalue weighted by Crippen LogP contribution is -2.00. The maximum absolute atomic E-state index is 11.1. The maximum atomic E-state index is 11.1. The standard InChI is InChI=1S/C25H32O2S2/c1-5-21(10-8-11-22-13-15-23(27-4)16-14-22)17-25(28-20(3)18-26)29-24-12-7-6-9-19(24)2/h6-7,12-19,21H,3,5,8-11H2,1-2,4H3. The number of hydrogen-bond donors (Lipinski definition) is 0. The molecule has 1 aromatic carbocycles. The van der Waals surface area contributed by atoms with E-state index in [1.165, 1.54) is 26.5 Å². The van der Waals surface area contributed by atoms with Gasteiger partial charge in [0.05, 0.1) is 7.11 Å². The number of ether oxygens (including phenoxy) is 1. The summed E-state index contributed by atoms with van der Waals surface area (Å²) >= 11 is 3.30. The van der Waals surface area contributed by atoms with Crippen LogP contribution in [0.2, 0.25) is 0 Å². The molecule has 29 heavy (non-hydrogen) atoms. The van der Waals surface area contributed by atoms with Gasteiger partial charge in [-0.25, -0.2) is 0 Å². The zero-order chi connectivity index (χ0) is 21.1. The molecule has 0 saturated heterocycles. The molecule has 2 unspecified atom stereocenters. The number of carbonyl (C=O) groups excluding carboxylic acids is 1. The van der Waals surface area contributed by atoms with Gasteiger partial charge in [-0.05, 0) is 66.5 Å². The van der Waals surface area contributed by atoms with Crippen LogP contribution in [-0.2, 0) is 11.2 Å². The van der Waals surface area contributed by atoms with Crippen LogP contribution in [0.15, 0.2) is 69.2 Å². The summed E-state index contributed by atoms with van der Waals surface area (Å²) in [5, 5.41) is 0. The van der Waals surface area contributed by atoms with E-state index in [1.807, 2.05) is 12.1 Å². The molecular formula is C25H32O2S2. The molecule has 0 amide bonds. The largest absolute Gasteiger partial charge is 0.497 e. The average molecular weight is 429 g/mol. The highest BCUT2D eigenvalue weighted by Gasteiger charge is 2.15. The van der Waals surface area contributed by atoms with E-state index in [4.69, 9.17) is 4.74 Å². The van der Waals surface area contributed by atoms with Crippen LogP contribution < -0.4 is 4.74 Å². The molecule has 0 saturated carbocycles. The highest BCUT2D eigenvalue weighted by atomic mass is 32.2. The summed E-state index contributed by atoms with van der Waals surface area (Å²) in [7, 11) is 1.69. The molecule has 2 rings (SSSR count). The number of carbonyl (C=O) groups is 1. The van der Waals surface area contributed by atoms with Gasteiger partial charge in [-0.1, -0.05) is 80.4 Å². The number of aryl methyl sites for hydroxylation is 1. The molecule has 0 N–H and O–H groups in total. The van der Waals surface area contributed by atoms with E-state index in [0.29, 0.717) is 16.7 Å². The van der Waals surface area contributed by atoms with Crippen molar-refractivity contribution in [2.75, 3.05) is 7.11 Å². The molecule has 1 aromatic rings. The fraction of sp³-hybridized carbons (Fsp3) is 0.400. The van der Waals surface area contributed by atoms with Crippen molar-refractivity contribution in [1.82, 2.24) is 0 Å². The van der Waals surface area contributed by atoms with Gasteiger partial charge in [-0.3, -0.25) is 4.79 Å². The van der Waals surface area contributed by atoms with Gasteiger partial charge in [0.15, 0.2) is 6.29 Å². The summed E-state index contributed by atoms with van der Waals surface area (Å²) in [6.45, 7) is 8.36. The molecule has 1 aliphatic rings. The number of allylic oxidation sites excluding steroid dienone is 6. The quantitative estimate of drug-likeness (QED) is 0.254. The van der Waals surface area contributed by atoms with Crippen LogP contribution in [-0.4, -0.2) is 13.4 Å². The second kappa shape index (κ2) is 12.8. The number of benzene rings is 1. The van der Waals surface area contributed by atoms with Crippen LogP contribution in [0.5, 0.6) is 5.75 Å². The molecule has 0 radical (unpaired) electrons. The van der Waals surface area contributed by atoms with Crippen molar-refractivity contribution < 1.29 is 9.53 Å². The normalized spacial score (nSPS) is 17.6. The van der Waals surface area contributed by atoms with Crippen LogP contribution in [0.25, 0.3) is 0 Å². The van der Waals surface area contributed by atoms with Crippen LogP contribution in [0, 0.1) is 11.8 Å². The third-order valence-electron chi connectivity index (χ3n) is 5.05. The Labute approximate surface area is 184 Å². The Kier molecular flexibility index (Phi) is 10.4. The summed E-state index contributed by atoms with van der Waals surface area (Å²) in [6, 6.07) is 8.34. The number of methoxy groups -OCH3 is 1. The minimum atomic E-state index is 0.498. The minimum absolute atomic E-state index is 0.498. The summed E-state index contributed by atoms with van der Waals surface area (Å²) in [5.41, 5.74) is 1.34. The Morgan fingerprint density at radius 3 is 2.72 bits per heavy atom. The van der Waals surface area contributed by atoms with E-state index < -0.39 is 0 Å². The summed E-state index contributed by atoms with van der Waals surface area (Å²) in [5.74, 6) is 1.92. The van der Waals surface area contributed by atoms with Gasteiger partial charge in [0, 0.05) is 9.14 Å². The molecule has 2 atom stereocenters. The van der Waals surface area contributed by atoms with Crippen molar-refractivity contribution in [3.8, 4) is 5.75 Å². The van der Waals surface area contributed by atoms with Crippen LogP contribution >= 0.6 is 23.5 Å². The number of thioether (sulfide) groups is 2. The van der Waals surface area contributed by atoms with Crippen LogP contribution in [0.1, 0.15) is 45.1 Å². The molecule has 0 fully saturated rings. The summed E-state index contributed by atoms with van der Waals surface area (Å²) in [4.78, 5) is 13.1. The highest BCUT2D eigenvalue weighted by molar-refractivity contribution is 8.25. The predicted octanol–water partition coefficient (Wildman–Crippen LogP) is 7.54. The maximum Gasteiger partial charge on any atom is 0.156 e. The first-order valence-electron chi connectivity index (χ1n) is 10.3. The number of rotatable bonds is 12. The smallest absolute Gasteiger partial charge is 0.156 e. The van der Waals surface area contributed by atoms with Gasteiger partial charge < -0.3 is 4.74 Å². The molecular weight excluding hydrogens is 396 g/mol. The first kappa shape index (κ1) is 23.6. The Bertz CT molecular complexity index is 760. The van der Waals surface area contributed by atoms with Crippen molar-refractivity contribution in [3.05, 3.63) is 74.8 Å². The number of hydrogen-bond acceptors (Lipinski definition) is 4. The lowest BCUT2D eigenvalue weighted by Gasteiger charge is -2.19. The second-order valence-corrected chi connectivity index (χ2v) is 9.86. The molecule has 1 aliphatic carbocycles. The third-order valence-corrected chi connectivity index (χ3v) is 7.36. The van der Waals surface area contributed by atoms with E-state index in [-0.39, 0.29) is 0 Å². The predicted molar refractivity (Wildman–Crippen MR) is 129 cm³/mol. The van der Waals surface area contributed by atoms with Crippen molar-refractivity contribution >= 4 is 29.8 Å². The monoisotopic (exact) mass is 428 g/mol. The zero-order valence-corrected chi connectivity index (χ0v) is 19.4. The van der Waals surface area contributed by atoms with E-state index in [0.717, 1.165) is 44.1 Å². The van der Waals surface area contributed by atoms with Gasteiger partial charge in [0.2, 0.25) is 0 Å². The highest BCUT2D eigenvalue weighted by Crippen LogP contribution is 2.43. The minimum Gasteiger partial charge on any atom is -0.497 e. The van der Waals surface area contributed by atoms with Crippen molar-refractivity contribution in [2.45, 2.75) is 46.0 Å². The fourth-order valence-electron chi connectivity index (χ4n) is 3.18. The lowest BCUT2D eigenvalue weighted by atomic mass is 9.97. The molecule has 0 bridgehead atoms. The lowest BCUT2D eigenvalue weighted by molar-refractivity contribution is -0.104. The van der Waals surface area contributed by atoms with Crippen molar-refractivity contribution in [1.29, 1.82) is 0 Å². The van der Waals surface area contributed by atoms with Crippen LogP contribution in [0.3, 0.4) is 0 Å². The molecule has 156 valence electrons. The summed E-state index contributed by atoms with van der Waals surface area (Å²) < 4.78 is 6.40. The van der Waals surface area contributed by atoms with Crippen molar-refractivity contribution in [3.63, 3.8) is 0 Å². The summed E-state index contributed by atoms with van der Waals surface area (Å²) in [6.07, 6.45) is 15.2. The second-order valence-electron chi connectivity index (χ2n) is 7.32. The van der Waals surface area contributed by atoms with Gasteiger partial charge in [-0.2, -0.15) is 0 Å². The van der Waals surface area contributed by atoms with Gasteiger partial charge >= 0.3 is 0 Å². The molecule has 0 aromatic heterocycles. The molecule has 0 heterocycles. The topological polar surface area (TPSA) is 26.3 Å². The van der Waals surface area contributed by atoms with E-state index in [1.54, 1.807) is 18.9 Å². The average Bonchev–Trinajstić information content (AvgIpc) is 2.74. The Balaban J connectivity index is 2.00. The Morgan fingerprint density at radius 1 is 1.34 bits per heavy atom. The van der Waals surface area contributed by atoms with Gasteiger partial charge in [-0.15, -0.1) is 0 Å². The van der Waals surface area contributed by atoms with Crippen LogP contribution in [0.4, 0.5) is 0 Å². The SMILES string of the molecule is C=C(C=O)SC(=CC(CC)CCCc1ccc(OC)cc1)SC1=CC=CCC1C. The van der Waals surface area contributed by atoms with E-state index in [2.05, 4.69) is 56.9 Å². The first-order chi connectivity index (χ1) is 14.0. The molecule has 0 spiro atoms. The molecule has 2 nitrogen and oxygen atoms in total. The zero-order valence-electron chi connectivity index (χ0n) is 17.7. The number of aldehydes is 1.